The van der Waals surface area contributed by atoms with E-state index in [2.05, 4.69) is 25.1 Å². The Morgan fingerprint density at radius 3 is 2.59 bits per heavy atom. The highest BCUT2D eigenvalue weighted by Crippen LogP contribution is 2.19. The summed E-state index contributed by atoms with van der Waals surface area (Å²) in [5.41, 5.74) is 1.40. The summed E-state index contributed by atoms with van der Waals surface area (Å²) in [7, 11) is -3.62. The van der Waals surface area contributed by atoms with Crippen molar-refractivity contribution in [2.24, 2.45) is 0 Å². The van der Waals surface area contributed by atoms with E-state index in [0.29, 0.717) is 16.6 Å². The SMILES string of the molecule is Cc1ccc(C)c(S(=O)(=O)NCCNc2nc3c(cnn3C(C)(C)C)c(=O)[nH]2)c1. The lowest BCUT2D eigenvalue weighted by atomic mass is 10.1. The predicted molar refractivity (Wildman–Crippen MR) is 113 cm³/mol. The van der Waals surface area contributed by atoms with Crippen molar-refractivity contribution in [3.05, 3.63) is 45.9 Å². The Bertz CT molecular complexity index is 1200. The van der Waals surface area contributed by atoms with Gasteiger partial charge in [0.1, 0.15) is 5.39 Å². The number of aromatic nitrogens is 4. The molecule has 0 saturated carbocycles. The van der Waals surface area contributed by atoms with E-state index in [4.69, 9.17) is 0 Å². The van der Waals surface area contributed by atoms with Gasteiger partial charge in [-0.15, -0.1) is 0 Å². The van der Waals surface area contributed by atoms with Crippen molar-refractivity contribution in [2.45, 2.75) is 45.1 Å². The fraction of sp³-hybridized carbons (Fsp3) is 0.421. The van der Waals surface area contributed by atoms with Crippen molar-refractivity contribution in [3.63, 3.8) is 0 Å². The maximum absolute atomic E-state index is 12.5. The first-order valence-electron chi connectivity index (χ1n) is 9.28. The lowest BCUT2D eigenvalue weighted by Crippen LogP contribution is -2.30. The van der Waals surface area contributed by atoms with Crippen molar-refractivity contribution < 1.29 is 8.42 Å². The van der Waals surface area contributed by atoms with Gasteiger partial charge in [0.2, 0.25) is 16.0 Å². The number of fused-ring (bicyclic) bond motifs is 1. The van der Waals surface area contributed by atoms with Gasteiger partial charge in [-0.3, -0.25) is 9.78 Å². The number of aryl methyl sites for hydroxylation is 2. The molecule has 0 aliphatic rings. The highest BCUT2D eigenvalue weighted by molar-refractivity contribution is 7.89. The van der Waals surface area contributed by atoms with Gasteiger partial charge in [-0.1, -0.05) is 12.1 Å². The fourth-order valence-electron chi connectivity index (χ4n) is 2.93. The van der Waals surface area contributed by atoms with Crippen LogP contribution in [-0.4, -0.2) is 41.3 Å². The zero-order valence-corrected chi connectivity index (χ0v) is 18.0. The van der Waals surface area contributed by atoms with Gasteiger partial charge in [-0.05, 0) is 51.8 Å². The number of hydrogen-bond donors (Lipinski definition) is 3. The zero-order chi connectivity index (χ0) is 21.4. The Morgan fingerprint density at radius 2 is 1.90 bits per heavy atom. The normalized spacial score (nSPS) is 12.4. The molecule has 3 rings (SSSR count). The number of rotatable bonds is 6. The number of hydrogen-bond acceptors (Lipinski definition) is 6. The van der Waals surface area contributed by atoms with Crippen LogP contribution in [0.3, 0.4) is 0 Å². The molecular weight excluding hydrogens is 392 g/mol. The third-order valence-corrected chi connectivity index (χ3v) is 6.02. The van der Waals surface area contributed by atoms with Crippen LogP contribution in [0.1, 0.15) is 31.9 Å². The number of anilines is 1. The Balaban J connectivity index is 1.71. The van der Waals surface area contributed by atoms with Gasteiger partial charge in [-0.25, -0.2) is 17.8 Å². The Morgan fingerprint density at radius 1 is 1.17 bits per heavy atom. The average Bonchev–Trinajstić information content (AvgIpc) is 3.05. The molecule has 0 amide bonds. The van der Waals surface area contributed by atoms with E-state index in [1.54, 1.807) is 23.7 Å². The quantitative estimate of drug-likeness (QED) is 0.526. The highest BCUT2D eigenvalue weighted by atomic mass is 32.2. The molecule has 2 heterocycles. The third kappa shape index (κ3) is 4.48. The molecule has 9 nitrogen and oxygen atoms in total. The first-order valence-corrected chi connectivity index (χ1v) is 10.8. The van der Waals surface area contributed by atoms with Gasteiger partial charge in [0.05, 0.1) is 16.6 Å². The van der Waals surface area contributed by atoms with Crippen LogP contribution in [0.2, 0.25) is 0 Å². The number of nitrogens with zero attached hydrogens (tertiary/aromatic N) is 3. The molecule has 0 saturated heterocycles. The lowest BCUT2D eigenvalue weighted by molar-refractivity contribution is 0.366. The summed E-state index contributed by atoms with van der Waals surface area (Å²) in [5.74, 6) is 0.263. The summed E-state index contributed by atoms with van der Waals surface area (Å²) in [6.07, 6.45) is 1.49. The van der Waals surface area contributed by atoms with Gasteiger partial charge in [0.15, 0.2) is 5.65 Å². The minimum absolute atomic E-state index is 0.135. The molecule has 1 aromatic carbocycles. The molecule has 0 atom stereocenters. The van der Waals surface area contributed by atoms with Gasteiger partial charge in [0, 0.05) is 13.1 Å². The number of benzene rings is 1. The maximum Gasteiger partial charge on any atom is 0.263 e. The predicted octanol–water partition coefficient (Wildman–Crippen LogP) is 1.88. The van der Waals surface area contributed by atoms with E-state index < -0.39 is 10.0 Å². The van der Waals surface area contributed by atoms with Crippen molar-refractivity contribution in [3.8, 4) is 0 Å². The van der Waals surface area contributed by atoms with E-state index in [-0.39, 0.29) is 35.0 Å². The van der Waals surface area contributed by atoms with Crippen molar-refractivity contribution >= 4 is 27.0 Å². The summed E-state index contributed by atoms with van der Waals surface area (Å²) < 4.78 is 29.3. The number of sulfonamides is 1. The smallest absolute Gasteiger partial charge is 0.263 e. The minimum Gasteiger partial charge on any atom is -0.354 e. The van der Waals surface area contributed by atoms with Crippen molar-refractivity contribution in [1.29, 1.82) is 0 Å². The minimum atomic E-state index is -3.62. The second-order valence-electron chi connectivity index (χ2n) is 7.97. The third-order valence-electron chi connectivity index (χ3n) is 4.42. The van der Waals surface area contributed by atoms with Crippen LogP contribution in [0.5, 0.6) is 0 Å². The lowest BCUT2D eigenvalue weighted by Gasteiger charge is -2.19. The monoisotopic (exact) mass is 418 g/mol. The number of H-pyrrole nitrogens is 1. The molecule has 156 valence electrons. The molecular formula is C19H26N6O3S. The number of nitrogens with one attached hydrogen (secondary N) is 3. The van der Waals surface area contributed by atoms with Crippen LogP contribution in [0, 0.1) is 13.8 Å². The standard InChI is InChI=1S/C19H26N6O3S/c1-12-6-7-13(2)15(10-12)29(27,28)22-9-8-20-18-23-16-14(17(26)24-18)11-21-25(16)19(3,4)5/h6-7,10-11,22H,8-9H2,1-5H3,(H2,20,23,24,26). The largest absolute Gasteiger partial charge is 0.354 e. The van der Waals surface area contributed by atoms with E-state index >= 15 is 0 Å². The van der Waals surface area contributed by atoms with E-state index in [0.717, 1.165) is 5.56 Å². The molecule has 10 heteroatoms. The van der Waals surface area contributed by atoms with E-state index in [1.807, 2.05) is 33.8 Å². The number of aromatic amines is 1. The second kappa shape index (κ2) is 7.60. The molecule has 0 spiro atoms. The summed E-state index contributed by atoms with van der Waals surface area (Å²) in [6, 6.07) is 5.30. The van der Waals surface area contributed by atoms with Crippen LogP contribution in [0.4, 0.5) is 5.95 Å². The molecule has 0 aliphatic carbocycles. The van der Waals surface area contributed by atoms with Gasteiger partial charge in [-0.2, -0.15) is 10.1 Å². The van der Waals surface area contributed by atoms with Gasteiger partial charge < -0.3 is 5.32 Å². The van der Waals surface area contributed by atoms with Crippen LogP contribution in [-0.2, 0) is 15.6 Å². The molecule has 0 radical (unpaired) electrons. The first kappa shape index (κ1) is 21.0. The highest BCUT2D eigenvalue weighted by Gasteiger charge is 2.20. The Hall–Kier alpha value is -2.72. The molecule has 3 aromatic rings. The summed E-state index contributed by atoms with van der Waals surface area (Å²) in [6.45, 7) is 9.90. The van der Waals surface area contributed by atoms with Crippen molar-refractivity contribution in [1.82, 2.24) is 24.5 Å². The maximum atomic E-state index is 12.5. The fourth-order valence-corrected chi connectivity index (χ4v) is 4.29. The zero-order valence-electron chi connectivity index (χ0n) is 17.2. The molecule has 0 unspecified atom stereocenters. The van der Waals surface area contributed by atoms with Crippen molar-refractivity contribution in [2.75, 3.05) is 18.4 Å². The molecule has 0 aliphatic heterocycles. The molecule has 29 heavy (non-hydrogen) atoms. The van der Waals surface area contributed by atoms with Crippen LogP contribution in [0.25, 0.3) is 11.0 Å². The average molecular weight is 419 g/mol. The summed E-state index contributed by atoms with van der Waals surface area (Å²) >= 11 is 0. The van der Waals surface area contributed by atoms with E-state index in [9.17, 15) is 13.2 Å². The summed E-state index contributed by atoms with van der Waals surface area (Å²) in [5, 5.41) is 7.63. The molecule has 0 bridgehead atoms. The Labute approximate surface area is 169 Å². The second-order valence-corrected chi connectivity index (χ2v) is 9.71. The first-order chi connectivity index (χ1) is 13.5. The molecule has 0 fully saturated rings. The van der Waals surface area contributed by atoms with Crippen LogP contribution >= 0.6 is 0 Å². The summed E-state index contributed by atoms with van der Waals surface area (Å²) in [4.78, 5) is 19.6. The van der Waals surface area contributed by atoms with Crippen LogP contribution in [0.15, 0.2) is 34.1 Å². The van der Waals surface area contributed by atoms with E-state index in [1.165, 1.54) is 6.20 Å². The Kier molecular flexibility index (Phi) is 5.50. The topological polar surface area (TPSA) is 122 Å². The molecule has 3 N–H and O–H groups in total. The molecule has 2 aromatic heterocycles. The van der Waals surface area contributed by atoms with Gasteiger partial charge >= 0.3 is 0 Å². The van der Waals surface area contributed by atoms with Crippen LogP contribution < -0.4 is 15.6 Å². The van der Waals surface area contributed by atoms with Gasteiger partial charge in [0.25, 0.3) is 5.56 Å².